The Morgan fingerprint density at radius 2 is 1.78 bits per heavy atom. The van der Waals surface area contributed by atoms with Crippen molar-refractivity contribution in [2.24, 2.45) is 0 Å². The van der Waals surface area contributed by atoms with E-state index in [1.54, 1.807) is 19.2 Å². The highest BCUT2D eigenvalue weighted by Crippen LogP contribution is 2.35. The normalized spacial score (nSPS) is 19.9. The first kappa shape index (κ1) is 22.0. The van der Waals surface area contributed by atoms with Crippen LogP contribution in [0.25, 0.3) is 0 Å². The number of halogens is 2. The Balaban J connectivity index is 2.23. The van der Waals surface area contributed by atoms with Gasteiger partial charge in [-0.2, -0.15) is 0 Å². The molecule has 1 aromatic carbocycles. The zero-order valence-electron chi connectivity index (χ0n) is 17.7. The molecule has 2 rings (SSSR count). The number of methoxy groups -OCH3 is 1. The van der Waals surface area contributed by atoms with Gasteiger partial charge in [-0.05, 0) is 50.6 Å². The molecule has 1 heterocycles. The van der Waals surface area contributed by atoms with Crippen LogP contribution in [0.15, 0.2) is 35.9 Å². The number of likely N-dealkylation sites (tertiary alicyclic amines) is 1. The largest absolute Gasteiger partial charge is 0.383 e. The summed E-state index contributed by atoms with van der Waals surface area (Å²) in [5.74, 6) is -2.80. The van der Waals surface area contributed by atoms with Crippen LogP contribution in [0.5, 0.6) is 0 Å². The van der Waals surface area contributed by atoms with Crippen molar-refractivity contribution < 1.29 is 13.5 Å². The Labute approximate surface area is 163 Å². The van der Waals surface area contributed by atoms with Crippen LogP contribution in [0.4, 0.5) is 8.78 Å². The van der Waals surface area contributed by atoms with Gasteiger partial charge in [0, 0.05) is 31.7 Å². The number of hydrogen-bond donors (Lipinski definition) is 0. The van der Waals surface area contributed by atoms with Crippen LogP contribution in [0.2, 0.25) is 0 Å². The van der Waals surface area contributed by atoms with Crippen molar-refractivity contribution in [3.8, 4) is 0 Å². The van der Waals surface area contributed by atoms with Crippen LogP contribution in [0.3, 0.4) is 0 Å². The Morgan fingerprint density at radius 1 is 1.19 bits per heavy atom. The molecule has 1 saturated heterocycles. The molecule has 4 heteroatoms. The summed E-state index contributed by atoms with van der Waals surface area (Å²) in [6.45, 7) is 11.5. The third kappa shape index (κ3) is 5.86. The van der Waals surface area contributed by atoms with Gasteiger partial charge in [-0.15, -0.1) is 0 Å². The molecule has 0 aliphatic carbocycles. The molecule has 1 aliphatic rings. The summed E-state index contributed by atoms with van der Waals surface area (Å²) in [5, 5.41) is 0. The molecule has 152 valence electrons. The molecule has 0 amide bonds. The molecule has 2 atom stereocenters. The number of nitrogens with zero attached hydrogens (tertiary/aromatic N) is 1. The quantitative estimate of drug-likeness (QED) is 0.521. The molecular formula is C23H35F2NO. The molecule has 0 spiro atoms. The Kier molecular flexibility index (Phi) is 7.20. The average Bonchev–Trinajstić information content (AvgIpc) is 3.01. The first-order valence-electron chi connectivity index (χ1n) is 9.93. The minimum Gasteiger partial charge on any atom is -0.383 e. The fourth-order valence-electron chi connectivity index (χ4n) is 4.18. The molecule has 1 aromatic rings. The van der Waals surface area contributed by atoms with Crippen molar-refractivity contribution in [1.29, 1.82) is 0 Å². The van der Waals surface area contributed by atoms with Gasteiger partial charge in [-0.1, -0.05) is 49.8 Å². The number of hydrogen-bond acceptors (Lipinski definition) is 2. The highest BCUT2D eigenvalue weighted by Gasteiger charge is 2.34. The van der Waals surface area contributed by atoms with E-state index in [0.717, 1.165) is 32.1 Å². The van der Waals surface area contributed by atoms with E-state index in [2.05, 4.69) is 38.7 Å². The van der Waals surface area contributed by atoms with Crippen LogP contribution in [-0.4, -0.2) is 37.2 Å². The second kappa shape index (κ2) is 8.83. The monoisotopic (exact) mass is 379 g/mol. The van der Waals surface area contributed by atoms with Gasteiger partial charge in [0.05, 0.1) is 6.61 Å². The summed E-state index contributed by atoms with van der Waals surface area (Å²) in [6.07, 6.45) is 5.66. The third-order valence-electron chi connectivity index (χ3n) is 5.63. The van der Waals surface area contributed by atoms with Gasteiger partial charge in [0.1, 0.15) is 0 Å². The minimum atomic E-state index is -2.80. The SMILES string of the molecule is COC[C@@H]1CCCN1C(C=C(C)C)CC(C)(C)c1ccc(C(C)(F)F)cc1. The maximum atomic E-state index is 13.5. The lowest BCUT2D eigenvalue weighted by atomic mass is 9.78. The summed E-state index contributed by atoms with van der Waals surface area (Å²) < 4.78 is 32.5. The summed E-state index contributed by atoms with van der Waals surface area (Å²) in [7, 11) is 1.77. The minimum absolute atomic E-state index is 0.0719. The lowest BCUT2D eigenvalue weighted by Crippen LogP contribution is -2.43. The van der Waals surface area contributed by atoms with Gasteiger partial charge in [0.15, 0.2) is 0 Å². The number of rotatable bonds is 8. The molecule has 1 aliphatic heterocycles. The lowest BCUT2D eigenvalue weighted by Gasteiger charge is -2.37. The van der Waals surface area contributed by atoms with E-state index in [1.807, 2.05) is 12.1 Å². The number of alkyl halides is 2. The van der Waals surface area contributed by atoms with Crippen LogP contribution < -0.4 is 0 Å². The van der Waals surface area contributed by atoms with Crippen molar-refractivity contribution >= 4 is 0 Å². The molecule has 0 saturated carbocycles. The zero-order valence-corrected chi connectivity index (χ0v) is 17.7. The Hall–Kier alpha value is -1.26. The van der Waals surface area contributed by atoms with Crippen LogP contribution in [0.1, 0.15) is 65.0 Å². The van der Waals surface area contributed by atoms with E-state index in [-0.39, 0.29) is 11.0 Å². The molecule has 0 N–H and O–H groups in total. The number of allylic oxidation sites excluding steroid dienone is 1. The van der Waals surface area contributed by atoms with E-state index in [1.165, 1.54) is 18.4 Å². The fourth-order valence-corrected chi connectivity index (χ4v) is 4.18. The third-order valence-corrected chi connectivity index (χ3v) is 5.63. The molecule has 0 bridgehead atoms. The van der Waals surface area contributed by atoms with Gasteiger partial charge in [-0.25, -0.2) is 8.78 Å². The Morgan fingerprint density at radius 3 is 2.30 bits per heavy atom. The second-order valence-corrected chi connectivity index (χ2v) is 8.85. The summed E-state index contributed by atoms with van der Waals surface area (Å²) in [5.41, 5.74) is 2.37. The smallest absolute Gasteiger partial charge is 0.270 e. The van der Waals surface area contributed by atoms with Crippen molar-refractivity contribution in [3.63, 3.8) is 0 Å². The lowest BCUT2D eigenvalue weighted by molar-refractivity contribution is 0.0174. The highest BCUT2D eigenvalue weighted by atomic mass is 19.3. The molecule has 1 unspecified atom stereocenters. The van der Waals surface area contributed by atoms with Gasteiger partial charge in [-0.3, -0.25) is 4.90 Å². The summed E-state index contributed by atoms with van der Waals surface area (Å²) in [4.78, 5) is 2.56. The predicted octanol–water partition coefficient (Wildman–Crippen LogP) is 5.91. The molecule has 0 aromatic heterocycles. The maximum Gasteiger partial charge on any atom is 0.270 e. The van der Waals surface area contributed by atoms with E-state index < -0.39 is 5.92 Å². The zero-order chi connectivity index (χ0) is 20.2. The summed E-state index contributed by atoms with van der Waals surface area (Å²) in [6, 6.07) is 7.63. The summed E-state index contributed by atoms with van der Waals surface area (Å²) >= 11 is 0. The highest BCUT2D eigenvalue weighted by molar-refractivity contribution is 5.30. The van der Waals surface area contributed by atoms with Crippen molar-refractivity contribution in [3.05, 3.63) is 47.0 Å². The van der Waals surface area contributed by atoms with E-state index in [4.69, 9.17) is 4.74 Å². The van der Waals surface area contributed by atoms with Crippen molar-refractivity contribution in [2.45, 2.75) is 77.3 Å². The van der Waals surface area contributed by atoms with Crippen LogP contribution in [-0.2, 0) is 16.1 Å². The topological polar surface area (TPSA) is 12.5 Å². The average molecular weight is 380 g/mol. The van der Waals surface area contributed by atoms with Gasteiger partial charge in [0.25, 0.3) is 5.92 Å². The predicted molar refractivity (Wildman–Crippen MR) is 108 cm³/mol. The van der Waals surface area contributed by atoms with E-state index >= 15 is 0 Å². The molecule has 0 radical (unpaired) electrons. The Bertz CT molecular complexity index is 627. The standard InChI is InChI=1S/C23H35F2NO/c1-17(2)14-21(26-13-7-8-20(26)16-27-6)15-22(3,4)18-9-11-19(12-10-18)23(5,24)25/h9-12,14,20-21H,7-8,13,15-16H2,1-6H3/t20-,21?/m0/s1. The van der Waals surface area contributed by atoms with E-state index in [0.29, 0.717) is 12.1 Å². The molecule has 2 nitrogen and oxygen atoms in total. The first-order chi connectivity index (χ1) is 12.5. The fraction of sp³-hybridized carbons (Fsp3) is 0.652. The van der Waals surface area contributed by atoms with Crippen molar-refractivity contribution in [2.75, 3.05) is 20.3 Å². The van der Waals surface area contributed by atoms with Crippen molar-refractivity contribution in [1.82, 2.24) is 4.90 Å². The number of ether oxygens (including phenoxy) is 1. The second-order valence-electron chi connectivity index (χ2n) is 8.85. The number of benzene rings is 1. The van der Waals surface area contributed by atoms with Crippen LogP contribution >= 0.6 is 0 Å². The first-order valence-corrected chi connectivity index (χ1v) is 9.93. The van der Waals surface area contributed by atoms with Gasteiger partial charge in [0.2, 0.25) is 0 Å². The molecule has 27 heavy (non-hydrogen) atoms. The van der Waals surface area contributed by atoms with Crippen LogP contribution in [0, 0.1) is 0 Å². The molecular weight excluding hydrogens is 344 g/mol. The molecule has 1 fully saturated rings. The van der Waals surface area contributed by atoms with Gasteiger partial charge >= 0.3 is 0 Å². The van der Waals surface area contributed by atoms with E-state index in [9.17, 15) is 8.78 Å². The maximum absolute atomic E-state index is 13.5. The van der Waals surface area contributed by atoms with Gasteiger partial charge < -0.3 is 4.74 Å².